The Labute approximate surface area is 91.9 Å². The van der Waals surface area contributed by atoms with Crippen molar-refractivity contribution in [2.24, 2.45) is 5.11 Å². The Hall–Kier alpha value is -1.50. The zero-order chi connectivity index (χ0) is 11.1. The molecule has 15 heavy (non-hydrogen) atoms. The van der Waals surface area contributed by atoms with E-state index in [0.29, 0.717) is 0 Å². The minimum absolute atomic E-state index is 0. The number of rotatable bonds is 5. The molecule has 0 aromatic heterocycles. The largest absolute Gasteiger partial charge is 1.00 e. The van der Waals surface area contributed by atoms with E-state index in [9.17, 15) is 9.59 Å². The molecular weight excluding hydrogens is 226 g/mol. The van der Waals surface area contributed by atoms with Gasteiger partial charge in [-0.2, -0.15) is 0 Å². The van der Waals surface area contributed by atoms with Gasteiger partial charge in [0.15, 0.2) is 6.04 Å². The van der Waals surface area contributed by atoms with Crippen molar-refractivity contribution < 1.29 is 32.8 Å². The van der Waals surface area contributed by atoms with Crippen LogP contribution in [-0.4, -0.2) is 35.6 Å². The second-order valence-corrected chi connectivity index (χ2v) is 2.68. The second kappa shape index (κ2) is 7.86. The first-order valence-electron chi connectivity index (χ1n) is 3.86. The third-order valence-corrected chi connectivity index (χ3v) is 1.47. The van der Waals surface area contributed by atoms with Gasteiger partial charge in [-0.15, -0.1) is 0 Å². The monoisotopic (exact) mass is 237 g/mol. The highest BCUT2D eigenvalue weighted by atomic mass is 35.5. The fourth-order valence-corrected chi connectivity index (χ4v) is 0.611. The van der Waals surface area contributed by atoms with E-state index in [2.05, 4.69) is 21.1 Å². The van der Waals surface area contributed by atoms with Crippen molar-refractivity contribution in [3.8, 4) is 0 Å². The molecule has 0 aliphatic rings. The molecule has 9 heteroatoms. The minimum Gasteiger partial charge on any atom is -1.00 e. The number of hydrogen-bond donors (Lipinski definition) is 3. The Morgan fingerprint density at radius 1 is 1.67 bits per heavy atom. The van der Waals surface area contributed by atoms with Crippen LogP contribution in [-0.2, 0) is 9.59 Å². The van der Waals surface area contributed by atoms with E-state index in [1.807, 2.05) is 0 Å². The third kappa shape index (κ3) is 6.55. The lowest BCUT2D eigenvalue weighted by Gasteiger charge is -2.10. The summed E-state index contributed by atoms with van der Waals surface area (Å²) in [4.78, 5) is 24.0. The zero-order valence-electron chi connectivity index (χ0n) is 8.05. The summed E-state index contributed by atoms with van der Waals surface area (Å²) in [6.07, 6.45) is 0. The summed E-state index contributed by atoms with van der Waals surface area (Å²) < 4.78 is 0. The first-order chi connectivity index (χ1) is 6.49. The molecule has 0 aliphatic heterocycles. The van der Waals surface area contributed by atoms with Crippen molar-refractivity contribution in [3.63, 3.8) is 0 Å². The van der Waals surface area contributed by atoms with E-state index >= 15 is 0 Å². The summed E-state index contributed by atoms with van der Waals surface area (Å²) in [6, 6.07) is -1.74. The Bertz CT molecular complexity index is 278. The molecule has 0 spiro atoms. The van der Waals surface area contributed by atoms with E-state index in [0.717, 1.165) is 0 Å². The van der Waals surface area contributed by atoms with Gasteiger partial charge in [0.25, 0.3) is 5.91 Å². The second-order valence-electron chi connectivity index (χ2n) is 2.68. The lowest BCUT2D eigenvalue weighted by molar-refractivity contribution is -0.400. The lowest BCUT2D eigenvalue weighted by Crippen LogP contribution is -3.00. The number of carboxylic acids is 1. The predicted octanol–water partition coefficient (Wildman–Crippen LogP) is -4.50. The van der Waals surface area contributed by atoms with Crippen LogP contribution in [0.1, 0.15) is 6.92 Å². The quantitative estimate of drug-likeness (QED) is 0.252. The van der Waals surface area contributed by atoms with Crippen molar-refractivity contribution in [3.05, 3.63) is 10.4 Å². The first kappa shape index (κ1) is 15.9. The molecule has 0 unspecified atom stereocenters. The number of azide groups is 1. The standard InChI is InChI=1S/C6H11N5O3.ClH/c1-3(6(13)14)10-5(12)4(7)2-9-11-8;/h3-4H,2,7H2,1H3,(H,10,12)(H,13,14);1H/t3-,4-;/m1./s1. The van der Waals surface area contributed by atoms with Crippen LogP contribution in [0.25, 0.3) is 10.4 Å². The van der Waals surface area contributed by atoms with E-state index in [1.165, 1.54) is 6.92 Å². The van der Waals surface area contributed by atoms with E-state index in [4.69, 9.17) is 10.6 Å². The maximum Gasteiger partial charge on any atom is 0.325 e. The van der Waals surface area contributed by atoms with Gasteiger partial charge in [0, 0.05) is 4.91 Å². The average Bonchev–Trinajstić information content (AvgIpc) is 2.13. The van der Waals surface area contributed by atoms with Crippen molar-refractivity contribution in [2.45, 2.75) is 19.0 Å². The fourth-order valence-electron chi connectivity index (χ4n) is 0.611. The fraction of sp³-hybridized carbons (Fsp3) is 0.667. The van der Waals surface area contributed by atoms with Crippen LogP contribution in [0.4, 0.5) is 0 Å². The summed E-state index contributed by atoms with van der Waals surface area (Å²) in [5.41, 5.74) is 11.4. The van der Waals surface area contributed by atoms with Crippen LogP contribution in [0.15, 0.2) is 5.11 Å². The smallest absolute Gasteiger partial charge is 0.325 e. The first-order valence-corrected chi connectivity index (χ1v) is 3.86. The lowest BCUT2D eigenvalue weighted by atomic mass is 10.2. The van der Waals surface area contributed by atoms with Gasteiger partial charge < -0.3 is 28.6 Å². The van der Waals surface area contributed by atoms with Gasteiger partial charge in [-0.25, -0.2) is 0 Å². The molecule has 0 aliphatic carbocycles. The van der Waals surface area contributed by atoms with Crippen molar-refractivity contribution in [1.82, 2.24) is 5.32 Å². The Kier molecular flexibility index (Phi) is 8.36. The normalized spacial score (nSPS) is 12.7. The molecule has 0 aromatic carbocycles. The van der Waals surface area contributed by atoms with Crippen molar-refractivity contribution in [1.29, 1.82) is 0 Å². The summed E-state index contributed by atoms with van der Waals surface area (Å²) >= 11 is 0. The summed E-state index contributed by atoms with van der Waals surface area (Å²) in [7, 11) is 0. The predicted molar refractivity (Wildman–Crippen MR) is 45.9 cm³/mol. The Morgan fingerprint density at radius 3 is 2.60 bits per heavy atom. The number of nitrogens with one attached hydrogen (secondary N) is 1. The number of amides is 1. The molecule has 5 N–H and O–H groups in total. The molecule has 8 nitrogen and oxygen atoms in total. The van der Waals surface area contributed by atoms with Crippen LogP contribution < -0.4 is 23.5 Å². The number of carboxylic acid groups (broad SMARTS) is 1. The number of carbonyl (C=O) groups is 2. The van der Waals surface area contributed by atoms with Gasteiger partial charge >= 0.3 is 5.97 Å². The van der Waals surface area contributed by atoms with Gasteiger partial charge in [0.2, 0.25) is 0 Å². The number of hydrogen-bond acceptors (Lipinski definition) is 3. The van der Waals surface area contributed by atoms with Crippen molar-refractivity contribution >= 4 is 11.9 Å². The van der Waals surface area contributed by atoms with E-state index in [1.54, 1.807) is 0 Å². The van der Waals surface area contributed by atoms with Gasteiger partial charge in [0.05, 0.1) is 6.54 Å². The molecule has 0 rings (SSSR count). The molecule has 86 valence electrons. The SMILES string of the molecule is C[C@@H](NC(=O)[C@H]([NH3+])CN=[N+]=[N-])C(=O)O.[Cl-]. The number of carbonyl (C=O) groups excluding carboxylic acids is 1. The maximum absolute atomic E-state index is 11.1. The Morgan fingerprint density at radius 2 is 2.20 bits per heavy atom. The average molecular weight is 238 g/mol. The molecule has 0 saturated heterocycles. The number of nitrogens with zero attached hydrogens (tertiary/aromatic N) is 3. The molecular formula is C6H12ClN5O3. The molecule has 0 bridgehead atoms. The van der Waals surface area contributed by atoms with Gasteiger partial charge in [-0.3, -0.25) is 9.59 Å². The van der Waals surface area contributed by atoms with E-state index in [-0.39, 0.29) is 19.0 Å². The summed E-state index contributed by atoms with van der Waals surface area (Å²) in [6.45, 7) is 1.25. The Balaban J connectivity index is 0. The minimum atomic E-state index is -1.13. The molecule has 0 radical (unpaired) electrons. The van der Waals surface area contributed by atoms with E-state index < -0.39 is 24.0 Å². The van der Waals surface area contributed by atoms with Gasteiger partial charge in [0.1, 0.15) is 6.04 Å². The number of quaternary nitrogens is 1. The highest BCUT2D eigenvalue weighted by Crippen LogP contribution is 1.85. The number of halogens is 1. The molecule has 1 amide bonds. The molecule has 0 aromatic rings. The zero-order valence-corrected chi connectivity index (χ0v) is 8.81. The molecule has 0 fully saturated rings. The topological polar surface area (TPSA) is 143 Å². The highest BCUT2D eigenvalue weighted by molar-refractivity contribution is 5.85. The molecule has 0 heterocycles. The van der Waals surface area contributed by atoms with Crippen molar-refractivity contribution in [2.75, 3.05) is 6.54 Å². The van der Waals surface area contributed by atoms with Crippen LogP contribution in [0, 0.1) is 0 Å². The summed E-state index contributed by atoms with van der Waals surface area (Å²) in [5, 5.41) is 13.8. The highest BCUT2D eigenvalue weighted by Gasteiger charge is 2.20. The number of aliphatic carboxylic acids is 1. The van der Waals surface area contributed by atoms with Crippen LogP contribution in [0.3, 0.4) is 0 Å². The van der Waals surface area contributed by atoms with Crippen LogP contribution in [0.5, 0.6) is 0 Å². The molecule has 0 saturated carbocycles. The van der Waals surface area contributed by atoms with Gasteiger partial charge in [-0.05, 0) is 12.5 Å². The van der Waals surface area contributed by atoms with Crippen LogP contribution >= 0.6 is 0 Å². The molecule has 2 atom stereocenters. The summed E-state index contributed by atoms with van der Waals surface area (Å²) in [5.74, 6) is -1.68. The maximum atomic E-state index is 11.1. The van der Waals surface area contributed by atoms with Gasteiger partial charge in [-0.1, -0.05) is 5.11 Å². The third-order valence-electron chi connectivity index (χ3n) is 1.47. The van der Waals surface area contributed by atoms with Crippen LogP contribution in [0.2, 0.25) is 0 Å².